The molecule has 2 aromatic rings. The van der Waals surface area contributed by atoms with Crippen LogP contribution < -0.4 is 10.5 Å². The number of amides is 1. The highest BCUT2D eigenvalue weighted by Gasteiger charge is 2.19. The van der Waals surface area contributed by atoms with Crippen LogP contribution in [0.4, 0.5) is 5.69 Å². The number of sulfonamides is 1. The van der Waals surface area contributed by atoms with Gasteiger partial charge in [-0.25, -0.2) is 18.4 Å². The molecule has 3 N–H and O–H groups in total. The number of halogens is 2. The summed E-state index contributed by atoms with van der Waals surface area (Å²) in [4.78, 5) is 25.7. The lowest BCUT2D eigenvalue weighted by Crippen LogP contribution is -2.21. The standard InChI is InChI=1S/C18H20Cl2N2O5S2/c1-3-5-14-10(4-2)6-15(28-14)18(24)27-9-16(23)22-17-12(19)7-11(8-13(17)20)29(21,25)26/h6-8H,3-5,9H2,1-2H3,(H,22,23)(H2,21,25,26). The predicted molar refractivity (Wildman–Crippen MR) is 114 cm³/mol. The van der Waals surface area contributed by atoms with Crippen LogP contribution in [0.25, 0.3) is 0 Å². The number of rotatable bonds is 8. The number of primary sulfonamides is 1. The first-order valence-electron chi connectivity index (χ1n) is 8.67. The van der Waals surface area contributed by atoms with Crippen LogP contribution in [-0.2, 0) is 32.4 Å². The van der Waals surface area contributed by atoms with Crippen LogP contribution in [-0.4, -0.2) is 26.9 Å². The summed E-state index contributed by atoms with van der Waals surface area (Å²) in [6, 6.07) is 3.92. The number of carbonyl (C=O) groups is 2. The van der Waals surface area contributed by atoms with Crippen molar-refractivity contribution >= 4 is 62.1 Å². The molecule has 1 aromatic carbocycles. The van der Waals surface area contributed by atoms with Gasteiger partial charge in [0.05, 0.1) is 20.6 Å². The van der Waals surface area contributed by atoms with Crippen molar-refractivity contribution < 1.29 is 22.7 Å². The summed E-state index contributed by atoms with van der Waals surface area (Å²) in [6.07, 6.45) is 2.66. The van der Waals surface area contributed by atoms with E-state index in [0.29, 0.717) is 4.88 Å². The molecule has 1 heterocycles. The predicted octanol–water partition coefficient (Wildman–Crippen LogP) is 4.01. The quantitative estimate of drug-likeness (QED) is 0.555. The average molecular weight is 479 g/mol. The molecule has 158 valence electrons. The van der Waals surface area contributed by atoms with Gasteiger partial charge in [-0.3, -0.25) is 4.79 Å². The lowest BCUT2D eigenvalue weighted by Gasteiger charge is -2.11. The SMILES string of the molecule is CCCc1sc(C(=O)OCC(=O)Nc2c(Cl)cc(S(N)(=O)=O)cc2Cl)cc1CC. The number of anilines is 1. The van der Waals surface area contributed by atoms with Gasteiger partial charge in [-0.1, -0.05) is 43.5 Å². The maximum Gasteiger partial charge on any atom is 0.348 e. The van der Waals surface area contributed by atoms with E-state index in [1.165, 1.54) is 11.3 Å². The van der Waals surface area contributed by atoms with Crippen molar-refractivity contribution in [3.63, 3.8) is 0 Å². The number of carbonyl (C=O) groups excluding carboxylic acids is 2. The van der Waals surface area contributed by atoms with Crippen molar-refractivity contribution in [1.29, 1.82) is 0 Å². The van der Waals surface area contributed by atoms with E-state index >= 15 is 0 Å². The maximum atomic E-state index is 12.3. The van der Waals surface area contributed by atoms with Crippen LogP contribution >= 0.6 is 34.5 Å². The molecule has 11 heteroatoms. The zero-order valence-electron chi connectivity index (χ0n) is 15.8. The number of hydrogen-bond donors (Lipinski definition) is 2. The Labute approximate surface area is 183 Å². The fourth-order valence-electron chi connectivity index (χ4n) is 2.52. The first kappa shape index (κ1) is 23.6. The Morgan fingerprint density at radius 2 is 1.79 bits per heavy atom. The third-order valence-electron chi connectivity index (χ3n) is 3.90. The number of esters is 1. The van der Waals surface area contributed by atoms with Crippen molar-refractivity contribution in [1.82, 2.24) is 0 Å². The van der Waals surface area contributed by atoms with Crippen molar-refractivity contribution in [2.24, 2.45) is 5.14 Å². The summed E-state index contributed by atoms with van der Waals surface area (Å²) in [5.41, 5.74) is 1.10. The molecule has 0 spiro atoms. The summed E-state index contributed by atoms with van der Waals surface area (Å²) >= 11 is 13.3. The molecule has 29 heavy (non-hydrogen) atoms. The van der Waals surface area contributed by atoms with Crippen LogP contribution in [0.2, 0.25) is 10.0 Å². The van der Waals surface area contributed by atoms with Crippen molar-refractivity contribution in [2.45, 2.75) is 38.0 Å². The molecule has 7 nitrogen and oxygen atoms in total. The monoisotopic (exact) mass is 478 g/mol. The van der Waals surface area contributed by atoms with Crippen molar-refractivity contribution in [2.75, 3.05) is 11.9 Å². The molecule has 0 radical (unpaired) electrons. The Balaban J connectivity index is 2.04. The zero-order valence-corrected chi connectivity index (χ0v) is 18.9. The number of aryl methyl sites for hydroxylation is 2. The van der Waals surface area contributed by atoms with Gasteiger partial charge in [0.25, 0.3) is 5.91 Å². The number of nitrogens with one attached hydrogen (secondary N) is 1. The van der Waals surface area contributed by atoms with E-state index in [0.717, 1.165) is 41.8 Å². The average Bonchev–Trinajstić information content (AvgIpc) is 3.05. The van der Waals surface area contributed by atoms with E-state index < -0.39 is 28.5 Å². The van der Waals surface area contributed by atoms with Crippen molar-refractivity contribution in [3.8, 4) is 0 Å². The molecular formula is C18H20Cl2N2O5S2. The highest BCUT2D eigenvalue weighted by Crippen LogP contribution is 2.33. The Hall–Kier alpha value is -1.65. The largest absolute Gasteiger partial charge is 0.451 e. The summed E-state index contributed by atoms with van der Waals surface area (Å²) in [6.45, 7) is 3.52. The van der Waals surface area contributed by atoms with Gasteiger partial charge in [-0.15, -0.1) is 11.3 Å². The van der Waals surface area contributed by atoms with Gasteiger partial charge in [0.15, 0.2) is 6.61 Å². The molecule has 0 atom stereocenters. The second kappa shape index (κ2) is 9.90. The minimum atomic E-state index is -4.00. The molecule has 0 aliphatic rings. The summed E-state index contributed by atoms with van der Waals surface area (Å²) in [7, 11) is -4.00. The van der Waals surface area contributed by atoms with Gasteiger partial charge < -0.3 is 10.1 Å². The molecule has 0 fully saturated rings. The van der Waals surface area contributed by atoms with Gasteiger partial charge in [-0.2, -0.15) is 0 Å². The second-order valence-electron chi connectivity index (χ2n) is 6.09. The van der Waals surface area contributed by atoms with E-state index in [-0.39, 0.29) is 20.6 Å². The Kier molecular flexibility index (Phi) is 8.07. The van der Waals surface area contributed by atoms with Gasteiger partial charge in [0.1, 0.15) is 4.88 Å². The van der Waals surface area contributed by atoms with Gasteiger partial charge >= 0.3 is 5.97 Å². The molecule has 0 saturated heterocycles. The lowest BCUT2D eigenvalue weighted by atomic mass is 10.1. The smallest absolute Gasteiger partial charge is 0.348 e. The fraction of sp³-hybridized carbons (Fsp3) is 0.333. The van der Waals surface area contributed by atoms with Gasteiger partial charge in [0.2, 0.25) is 10.0 Å². The topological polar surface area (TPSA) is 116 Å². The van der Waals surface area contributed by atoms with Gasteiger partial charge in [-0.05, 0) is 36.6 Å². The van der Waals surface area contributed by atoms with E-state index in [9.17, 15) is 18.0 Å². The summed E-state index contributed by atoms with van der Waals surface area (Å²) in [5, 5.41) is 7.21. The molecule has 2 rings (SSSR count). The lowest BCUT2D eigenvalue weighted by molar-refractivity contribution is -0.119. The third kappa shape index (κ3) is 6.16. The first-order valence-corrected chi connectivity index (χ1v) is 11.8. The minimum absolute atomic E-state index is 0.00333. The van der Waals surface area contributed by atoms with E-state index in [2.05, 4.69) is 12.2 Å². The summed E-state index contributed by atoms with van der Waals surface area (Å²) in [5.74, 6) is -1.27. The van der Waals surface area contributed by atoms with Crippen molar-refractivity contribution in [3.05, 3.63) is 43.6 Å². The highest BCUT2D eigenvalue weighted by molar-refractivity contribution is 7.89. The number of ether oxygens (including phenoxy) is 1. The molecular weight excluding hydrogens is 459 g/mol. The molecule has 0 aliphatic heterocycles. The third-order valence-corrected chi connectivity index (χ3v) is 6.60. The second-order valence-corrected chi connectivity index (χ2v) is 9.61. The molecule has 0 aliphatic carbocycles. The molecule has 1 amide bonds. The molecule has 0 bridgehead atoms. The number of thiophene rings is 1. The van der Waals surface area contributed by atoms with Gasteiger partial charge in [0, 0.05) is 4.88 Å². The Morgan fingerprint density at radius 3 is 2.31 bits per heavy atom. The van der Waals surface area contributed by atoms with Crippen LogP contribution in [0.3, 0.4) is 0 Å². The molecule has 1 aromatic heterocycles. The molecule has 0 saturated carbocycles. The maximum absolute atomic E-state index is 12.3. The Bertz CT molecular complexity index is 1010. The Morgan fingerprint density at radius 1 is 1.17 bits per heavy atom. The van der Waals surface area contributed by atoms with Crippen LogP contribution in [0.1, 0.15) is 40.4 Å². The van der Waals surface area contributed by atoms with E-state index in [1.807, 2.05) is 6.92 Å². The number of hydrogen-bond acceptors (Lipinski definition) is 6. The van der Waals surface area contributed by atoms with E-state index in [4.69, 9.17) is 33.1 Å². The van der Waals surface area contributed by atoms with Crippen LogP contribution in [0.5, 0.6) is 0 Å². The van der Waals surface area contributed by atoms with Crippen LogP contribution in [0, 0.1) is 0 Å². The highest BCUT2D eigenvalue weighted by atomic mass is 35.5. The normalized spacial score (nSPS) is 11.3. The van der Waals surface area contributed by atoms with Crippen LogP contribution in [0.15, 0.2) is 23.1 Å². The number of benzene rings is 1. The van der Waals surface area contributed by atoms with E-state index in [1.54, 1.807) is 6.07 Å². The molecule has 0 unspecified atom stereocenters. The fourth-order valence-corrected chi connectivity index (χ4v) is 5.04. The first-order chi connectivity index (χ1) is 13.6. The minimum Gasteiger partial charge on any atom is -0.451 e. The number of nitrogens with two attached hydrogens (primary N) is 1. The zero-order chi connectivity index (χ0) is 21.8. The summed E-state index contributed by atoms with van der Waals surface area (Å²) < 4.78 is 27.8.